The molecule has 0 saturated heterocycles. The lowest BCUT2D eigenvalue weighted by Gasteiger charge is -2.14. The van der Waals surface area contributed by atoms with Crippen molar-refractivity contribution in [3.05, 3.63) is 52.6 Å². The topological polar surface area (TPSA) is 56.7 Å². The number of halogens is 1. The van der Waals surface area contributed by atoms with Crippen LogP contribution in [0.4, 0.5) is 5.95 Å². The van der Waals surface area contributed by atoms with Crippen LogP contribution >= 0.6 is 15.9 Å². The lowest BCUT2D eigenvalue weighted by Crippen LogP contribution is -2.09. The molecule has 1 unspecified atom stereocenters. The van der Waals surface area contributed by atoms with Gasteiger partial charge in [0.1, 0.15) is 5.52 Å². The number of fused-ring (bicyclic) bond motifs is 1. The summed E-state index contributed by atoms with van der Waals surface area (Å²) in [5, 5.41) is 0. The van der Waals surface area contributed by atoms with E-state index in [-0.39, 0.29) is 0 Å². The molecular weight excluding hydrogens is 316 g/mol. The Bertz CT molecular complexity index is 736. The average Bonchev–Trinajstić information content (AvgIpc) is 2.75. The molecule has 5 heteroatoms. The van der Waals surface area contributed by atoms with E-state index in [0.29, 0.717) is 11.9 Å². The first-order valence-corrected chi connectivity index (χ1v) is 7.26. The summed E-state index contributed by atoms with van der Waals surface area (Å²) >= 11 is 3.40. The predicted octanol–water partition coefficient (Wildman–Crippen LogP) is 3.58. The van der Waals surface area contributed by atoms with Crippen molar-refractivity contribution < 1.29 is 0 Å². The fourth-order valence-electron chi connectivity index (χ4n) is 2.34. The highest BCUT2D eigenvalue weighted by atomic mass is 79.9. The second-order valence-corrected chi connectivity index (χ2v) is 5.80. The molecule has 0 radical (unpaired) electrons. The molecule has 4 nitrogen and oxygen atoms in total. The van der Waals surface area contributed by atoms with E-state index in [2.05, 4.69) is 57.1 Å². The van der Waals surface area contributed by atoms with Gasteiger partial charge in [-0.15, -0.1) is 0 Å². The highest BCUT2D eigenvalue weighted by Crippen LogP contribution is 2.24. The van der Waals surface area contributed by atoms with Crippen LogP contribution in [0.2, 0.25) is 0 Å². The maximum atomic E-state index is 6.03. The lowest BCUT2D eigenvalue weighted by molar-refractivity contribution is 0.613. The van der Waals surface area contributed by atoms with Crippen LogP contribution in [0.3, 0.4) is 0 Å². The van der Waals surface area contributed by atoms with Crippen molar-refractivity contribution in [2.45, 2.75) is 19.4 Å². The first kappa shape index (κ1) is 13.1. The number of rotatable bonds is 3. The number of nitrogens with two attached hydrogens (primary N) is 1. The number of aromatic nitrogens is 3. The van der Waals surface area contributed by atoms with Crippen molar-refractivity contribution >= 4 is 33.0 Å². The van der Waals surface area contributed by atoms with Crippen molar-refractivity contribution in [3.63, 3.8) is 0 Å². The molecule has 0 saturated carbocycles. The van der Waals surface area contributed by atoms with Crippen molar-refractivity contribution in [1.29, 1.82) is 0 Å². The standard InChI is InChI=1S/C15H15BrN4/c1-10(11-5-3-2-4-6-11)9-20-14-13(19-15(20)17)7-12(16)8-18-14/h2-8,10H,9H2,1H3,(H2,17,19). The molecule has 0 aliphatic rings. The zero-order valence-corrected chi connectivity index (χ0v) is 12.7. The summed E-state index contributed by atoms with van der Waals surface area (Å²) in [7, 11) is 0. The van der Waals surface area contributed by atoms with Crippen LogP contribution in [-0.4, -0.2) is 14.5 Å². The molecule has 102 valence electrons. The van der Waals surface area contributed by atoms with Crippen LogP contribution in [0.5, 0.6) is 0 Å². The molecule has 2 aromatic heterocycles. The zero-order chi connectivity index (χ0) is 14.1. The summed E-state index contributed by atoms with van der Waals surface area (Å²) in [5.74, 6) is 0.856. The fourth-order valence-corrected chi connectivity index (χ4v) is 2.66. The van der Waals surface area contributed by atoms with Crippen LogP contribution in [0, 0.1) is 0 Å². The number of benzene rings is 1. The lowest BCUT2D eigenvalue weighted by atomic mass is 10.0. The molecule has 1 aromatic carbocycles. The number of pyridine rings is 1. The minimum absolute atomic E-state index is 0.348. The Morgan fingerprint density at radius 3 is 2.80 bits per heavy atom. The van der Waals surface area contributed by atoms with E-state index in [4.69, 9.17) is 5.73 Å². The summed E-state index contributed by atoms with van der Waals surface area (Å²) < 4.78 is 2.88. The molecule has 0 amide bonds. The number of hydrogen-bond donors (Lipinski definition) is 1. The van der Waals surface area contributed by atoms with E-state index in [9.17, 15) is 0 Å². The van der Waals surface area contributed by atoms with E-state index >= 15 is 0 Å². The Morgan fingerprint density at radius 2 is 2.05 bits per heavy atom. The summed E-state index contributed by atoms with van der Waals surface area (Å²) in [6.07, 6.45) is 1.77. The van der Waals surface area contributed by atoms with E-state index in [1.54, 1.807) is 6.20 Å². The quantitative estimate of drug-likeness (QED) is 0.798. The van der Waals surface area contributed by atoms with Crippen LogP contribution in [0.25, 0.3) is 11.2 Å². The molecule has 1 atom stereocenters. The van der Waals surface area contributed by atoms with Crippen LogP contribution in [0.1, 0.15) is 18.4 Å². The first-order chi connectivity index (χ1) is 9.65. The van der Waals surface area contributed by atoms with Crippen LogP contribution in [-0.2, 0) is 6.54 Å². The summed E-state index contributed by atoms with van der Waals surface area (Å²) in [4.78, 5) is 8.79. The van der Waals surface area contributed by atoms with E-state index in [1.807, 2.05) is 16.7 Å². The normalized spacial score (nSPS) is 12.7. The van der Waals surface area contributed by atoms with Gasteiger partial charge in [0.2, 0.25) is 5.95 Å². The summed E-state index contributed by atoms with van der Waals surface area (Å²) in [5.41, 5.74) is 8.95. The van der Waals surface area contributed by atoms with Gasteiger partial charge in [0.05, 0.1) is 0 Å². The number of nitrogen functional groups attached to an aromatic ring is 1. The van der Waals surface area contributed by atoms with Gasteiger partial charge >= 0.3 is 0 Å². The van der Waals surface area contributed by atoms with E-state index in [1.165, 1.54) is 5.56 Å². The third-order valence-corrected chi connectivity index (χ3v) is 3.84. The Morgan fingerprint density at radius 1 is 1.30 bits per heavy atom. The van der Waals surface area contributed by atoms with Gasteiger partial charge in [-0.25, -0.2) is 9.97 Å². The van der Waals surface area contributed by atoms with E-state index < -0.39 is 0 Å². The monoisotopic (exact) mass is 330 g/mol. The molecule has 3 rings (SSSR count). The van der Waals surface area contributed by atoms with Crippen molar-refractivity contribution in [1.82, 2.24) is 14.5 Å². The van der Waals surface area contributed by atoms with Gasteiger partial charge in [0.25, 0.3) is 0 Å². The number of hydrogen-bond acceptors (Lipinski definition) is 3. The number of anilines is 1. The van der Waals surface area contributed by atoms with Gasteiger partial charge in [-0.2, -0.15) is 0 Å². The first-order valence-electron chi connectivity index (χ1n) is 6.47. The van der Waals surface area contributed by atoms with Gasteiger partial charge in [-0.1, -0.05) is 37.3 Å². The molecule has 0 spiro atoms. The van der Waals surface area contributed by atoms with E-state index in [0.717, 1.165) is 22.2 Å². The molecule has 0 fully saturated rings. The van der Waals surface area contributed by atoms with Gasteiger partial charge in [0, 0.05) is 17.2 Å². The fraction of sp³-hybridized carbons (Fsp3) is 0.200. The molecule has 2 heterocycles. The molecular formula is C15H15BrN4. The third kappa shape index (κ3) is 2.41. The van der Waals surface area contributed by atoms with Gasteiger partial charge in [0.15, 0.2) is 5.65 Å². The molecule has 3 aromatic rings. The molecule has 0 bridgehead atoms. The minimum Gasteiger partial charge on any atom is -0.369 e. The second kappa shape index (κ2) is 5.25. The Hall–Kier alpha value is -1.88. The SMILES string of the molecule is CC(Cn1c(N)nc2cc(Br)cnc21)c1ccccc1. The number of nitrogens with zero attached hydrogens (tertiary/aromatic N) is 3. The Balaban J connectivity index is 1.97. The minimum atomic E-state index is 0.348. The van der Waals surface area contributed by atoms with Crippen molar-refractivity contribution in [2.24, 2.45) is 0 Å². The molecule has 20 heavy (non-hydrogen) atoms. The maximum absolute atomic E-state index is 6.03. The summed E-state index contributed by atoms with van der Waals surface area (Å²) in [6.45, 7) is 2.94. The summed E-state index contributed by atoms with van der Waals surface area (Å²) in [6, 6.07) is 12.3. The second-order valence-electron chi connectivity index (χ2n) is 4.89. The molecule has 0 aliphatic heterocycles. The third-order valence-electron chi connectivity index (χ3n) is 3.41. The van der Waals surface area contributed by atoms with Crippen LogP contribution < -0.4 is 5.73 Å². The highest BCUT2D eigenvalue weighted by Gasteiger charge is 2.13. The van der Waals surface area contributed by atoms with Crippen molar-refractivity contribution in [2.75, 3.05) is 5.73 Å². The maximum Gasteiger partial charge on any atom is 0.202 e. The van der Waals surface area contributed by atoms with Gasteiger partial charge in [-0.05, 0) is 33.5 Å². The smallest absolute Gasteiger partial charge is 0.202 e. The Kier molecular flexibility index (Phi) is 3.44. The highest BCUT2D eigenvalue weighted by molar-refractivity contribution is 9.10. The van der Waals surface area contributed by atoms with Gasteiger partial charge < -0.3 is 5.73 Å². The molecule has 0 aliphatic carbocycles. The average molecular weight is 331 g/mol. The van der Waals surface area contributed by atoms with Gasteiger partial charge in [-0.3, -0.25) is 4.57 Å². The van der Waals surface area contributed by atoms with Crippen LogP contribution in [0.15, 0.2) is 47.1 Å². The Labute approximate surface area is 125 Å². The van der Waals surface area contributed by atoms with Crippen molar-refractivity contribution in [3.8, 4) is 0 Å². The molecule has 2 N–H and O–H groups in total. The predicted molar refractivity (Wildman–Crippen MR) is 84.5 cm³/mol. The zero-order valence-electron chi connectivity index (χ0n) is 11.1. The number of imidazole rings is 1. The largest absolute Gasteiger partial charge is 0.369 e.